The van der Waals surface area contributed by atoms with E-state index in [1.165, 1.54) is 6.20 Å². The third-order valence-electron chi connectivity index (χ3n) is 3.80. The molecule has 9 nitrogen and oxygen atoms in total. The van der Waals surface area contributed by atoms with Gasteiger partial charge in [0, 0.05) is 32.4 Å². The monoisotopic (exact) mass is 335 g/mol. The summed E-state index contributed by atoms with van der Waals surface area (Å²) in [6, 6.07) is 3.14. The van der Waals surface area contributed by atoms with E-state index in [2.05, 4.69) is 15.8 Å². The molecular weight excluding hydrogens is 314 g/mol. The van der Waals surface area contributed by atoms with Gasteiger partial charge in [-0.3, -0.25) is 25.4 Å². The lowest BCUT2D eigenvalue weighted by molar-refractivity contribution is 0.0120. The van der Waals surface area contributed by atoms with Gasteiger partial charge in [-0.2, -0.15) is 0 Å². The van der Waals surface area contributed by atoms with Crippen molar-refractivity contribution < 1.29 is 19.1 Å². The maximum Gasteiger partial charge on any atom is 0.284 e. The number of hydrogen-bond acceptors (Lipinski definition) is 7. The molecule has 0 saturated carbocycles. The van der Waals surface area contributed by atoms with Gasteiger partial charge in [-0.15, -0.1) is 0 Å². The second kappa shape index (κ2) is 8.15. The average Bonchev–Trinajstić information content (AvgIpc) is 2.63. The minimum absolute atomic E-state index is 0.246. The van der Waals surface area contributed by atoms with Gasteiger partial charge in [-0.25, -0.2) is 10.0 Å². The molecule has 1 aromatic heterocycles. The van der Waals surface area contributed by atoms with Crippen LogP contribution in [0.15, 0.2) is 18.3 Å². The third-order valence-corrected chi connectivity index (χ3v) is 3.80. The standard InChI is InChI=1S/C15H21N5O4/c21-14(17-19-3-7-23-8-4-19)12-1-2-13(16-11-12)15(22)18-20-5-9-24-10-6-20/h1-2,11H,3-10H2,(H,17,21)(H,18,22). The molecule has 3 heterocycles. The zero-order valence-electron chi connectivity index (χ0n) is 13.4. The molecule has 0 aliphatic carbocycles. The van der Waals surface area contributed by atoms with E-state index < -0.39 is 0 Å². The molecule has 2 aliphatic heterocycles. The number of rotatable bonds is 4. The smallest absolute Gasteiger partial charge is 0.284 e. The number of amides is 2. The fraction of sp³-hybridized carbons (Fsp3) is 0.533. The molecule has 0 aromatic carbocycles. The number of nitrogens with one attached hydrogen (secondary N) is 2. The quantitative estimate of drug-likeness (QED) is 0.731. The zero-order valence-corrected chi connectivity index (χ0v) is 13.4. The van der Waals surface area contributed by atoms with E-state index in [1.807, 2.05) is 5.01 Å². The number of pyridine rings is 1. The van der Waals surface area contributed by atoms with Crippen LogP contribution in [0.3, 0.4) is 0 Å². The van der Waals surface area contributed by atoms with Gasteiger partial charge >= 0.3 is 0 Å². The summed E-state index contributed by atoms with van der Waals surface area (Å²) in [5, 5.41) is 3.61. The van der Waals surface area contributed by atoms with Crippen LogP contribution in [0.25, 0.3) is 0 Å². The van der Waals surface area contributed by atoms with Crippen molar-refractivity contribution >= 4 is 11.8 Å². The number of hydrogen-bond donors (Lipinski definition) is 2. The van der Waals surface area contributed by atoms with Crippen LogP contribution in [0, 0.1) is 0 Å². The van der Waals surface area contributed by atoms with Gasteiger partial charge in [-0.1, -0.05) is 0 Å². The summed E-state index contributed by atoms with van der Waals surface area (Å²) >= 11 is 0. The molecule has 0 unspecified atom stereocenters. The van der Waals surface area contributed by atoms with Gasteiger partial charge in [0.05, 0.1) is 32.0 Å². The first kappa shape index (κ1) is 16.8. The van der Waals surface area contributed by atoms with Crippen LogP contribution in [0.1, 0.15) is 20.8 Å². The predicted molar refractivity (Wildman–Crippen MR) is 84.0 cm³/mol. The van der Waals surface area contributed by atoms with Crippen LogP contribution in [0.5, 0.6) is 0 Å². The Kier molecular flexibility index (Phi) is 5.70. The molecule has 3 rings (SSSR count). The minimum Gasteiger partial charge on any atom is -0.379 e. The van der Waals surface area contributed by atoms with Crippen LogP contribution in [0.2, 0.25) is 0 Å². The first-order valence-electron chi connectivity index (χ1n) is 7.96. The van der Waals surface area contributed by atoms with Gasteiger partial charge in [0.25, 0.3) is 11.8 Å². The molecule has 2 saturated heterocycles. The number of morpholine rings is 2. The Bertz CT molecular complexity index is 517. The van der Waals surface area contributed by atoms with Crippen LogP contribution >= 0.6 is 0 Å². The van der Waals surface area contributed by atoms with Crippen molar-refractivity contribution in [1.82, 2.24) is 25.9 Å². The number of hydrazine groups is 2. The van der Waals surface area contributed by atoms with E-state index in [0.717, 1.165) is 0 Å². The first-order chi connectivity index (χ1) is 11.7. The molecule has 1 aromatic rings. The number of carbonyl (C=O) groups excluding carboxylic acids is 2. The SMILES string of the molecule is O=C(NN1CCOCC1)c1ccc(C(=O)NN2CCOCC2)nc1. The van der Waals surface area contributed by atoms with Crippen LogP contribution in [-0.4, -0.2) is 79.4 Å². The normalized spacial score (nSPS) is 19.7. The first-order valence-corrected chi connectivity index (χ1v) is 7.96. The van der Waals surface area contributed by atoms with Gasteiger partial charge in [0.15, 0.2) is 0 Å². The Morgan fingerprint density at radius 3 is 1.92 bits per heavy atom. The Morgan fingerprint density at radius 2 is 1.42 bits per heavy atom. The molecule has 0 spiro atoms. The Balaban J connectivity index is 1.53. The summed E-state index contributed by atoms with van der Waals surface area (Å²) in [6.45, 7) is 4.97. The van der Waals surface area contributed by atoms with E-state index in [9.17, 15) is 9.59 Å². The molecule has 0 radical (unpaired) electrons. The lowest BCUT2D eigenvalue weighted by Gasteiger charge is -2.27. The fourth-order valence-corrected chi connectivity index (χ4v) is 2.42. The second-order valence-corrected chi connectivity index (χ2v) is 5.51. The molecule has 130 valence electrons. The van der Waals surface area contributed by atoms with Crippen molar-refractivity contribution in [1.29, 1.82) is 0 Å². The Morgan fingerprint density at radius 1 is 0.875 bits per heavy atom. The molecule has 0 atom stereocenters. The number of nitrogens with zero attached hydrogens (tertiary/aromatic N) is 3. The predicted octanol–water partition coefficient (Wildman–Crippen LogP) is -0.964. The summed E-state index contributed by atoms with van der Waals surface area (Å²) in [6.07, 6.45) is 1.41. The topological polar surface area (TPSA) is 96.0 Å². The van der Waals surface area contributed by atoms with E-state index in [0.29, 0.717) is 58.2 Å². The van der Waals surface area contributed by atoms with Gasteiger partial charge in [-0.05, 0) is 12.1 Å². The number of aromatic nitrogens is 1. The van der Waals surface area contributed by atoms with Crippen LogP contribution in [0.4, 0.5) is 0 Å². The molecule has 2 N–H and O–H groups in total. The summed E-state index contributed by atoms with van der Waals surface area (Å²) in [5.41, 5.74) is 6.25. The van der Waals surface area contributed by atoms with Crippen molar-refractivity contribution in [2.24, 2.45) is 0 Å². The maximum atomic E-state index is 12.2. The highest BCUT2D eigenvalue weighted by Crippen LogP contribution is 2.03. The lowest BCUT2D eigenvalue weighted by atomic mass is 10.2. The highest BCUT2D eigenvalue weighted by Gasteiger charge is 2.17. The van der Waals surface area contributed by atoms with Gasteiger partial charge in [0.2, 0.25) is 0 Å². The number of ether oxygens (including phenoxy) is 2. The third kappa shape index (κ3) is 4.48. The summed E-state index contributed by atoms with van der Waals surface area (Å²) in [5.74, 6) is -0.540. The van der Waals surface area contributed by atoms with Crippen LogP contribution < -0.4 is 10.9 Å². The van der Waals surface area contributed by atoms with Gasteiger partial charge in [0.1, 0.15) is 5.69 Å². The molecule has 2 aliphatic rings. The highest BCUT2D eigenvalue weighted by atomic mass is 16.5. The summed E-state index contributed by atoms with van der Waals surface area (Å²) in [4.78, 5) is 28.4. The summed E-state index contributed by atoms with van der Waals surface area (Å²) in [7, 11) is 0. The van der Waals surface area contributed by atoms with E-state index in [4.69, 9.17) is 9.47 Å². The van der Waals surface area contributed by atoms with Crippen LogP contribution in [-0.2, 0) is 9.47 Å². The van der Waals surface area contributed by atoms with E-state index >= 15 is 0 Å². The van der Waals surface area contributed by atoms with Crippen molar-refractivity contribution in [3.05, 3.63) is 29.6 Å². The maximum absolute atomic E-state index is 12.2. The second-order valence-electron chi connectivity index (χ2n) is 5.51. The molecule has 2 amide bonds. The minimum atomic E-state index is -0.294. The fourth-order valence-electron chi connectivity index (χ4n) is 2.42. The van der Waals surface area contributed by atoms with Gasteiger partial charge < -0.3 is 9.47 Å². The van der Waals surface area contributed by atoms with E-state index in [1.54, 1.807) is 17.1 Å². The lowest BCUT2D eigenvalue weighted by Crippen LogP contribution is -2.48. The highest BCUT2D eigenvalue weighted by molar-refractivity contribution is 5.95. The van der Waals surface area contributed by atoms with Crippen molar-refractivity contribution in [2.45, 2.75) is 0 Å². The molecular formula is C15H21N5O4. The molecule has 9 heteroatoms. The number of carbonyl (C=O) groups is 2. The zero-order chi connectivity index (χ0) is 16.8. The van der Waals surface area contributed by atoms with Crippen molar-refractivity contribution in [3.8, 4) is 0 Å². The molecule has 24 heavy (non-hydrogen) atoms. The largest absolute Gasteiger partial charge is 0.379 e. The van der Waals surface area contributed by atoms with Crippen molar-refractivity contribution in [2.75, 3.05) is 52.6 Å². The molecule has 2 fully saturated rings. The van der Waals surface area contributed by atoms with Crippen molar-refractivity contribution in [3.63, 3.8) is 0 Å². The Labute approximate surface area is 139 Å². The Hall–Kier alpha value is -2.07. The summed E-state index contributed by atoms with van der Waals surface area (Å²) < 4.78 is 10.5. The molecule has 0 bridgehead atoms. The van der Waals surface area contributed by atoms with E-state index in [-0.39, 0.29) is 17.5 Å². The average molecular weight is 335 g/mol.